The van der Waals surface area contributed by atoms with Gasteiger partial charge >= 0.3 is 0 Å². The second-order valence-electron chi connectivity index (χ2n) is 4.93. The zero-order chi connectivity index (χ0) is 13.3. The normalized spacial score (nSPS) is 24.4. The van der Waals surface area contributed by atoms with E-state index in [9.17, 15) is 4.79 Å². The van der Waals surface area contributed by atoms with E-state index in [4.69, 9.17) is 28.9 Å². The smallest absolute Gasteiger partial charge is 0.222 e. The molecule has 0 aliphatic carbocycles. The summed E-state index contributed by atoms with van der Waals surface area (Å²) in [5.41, 5.74) is 6.48. The number of hydrogen-bond acceptors (Lipinski definition) is 2. The van der Waals surface area contributed by atoms with Gasteiger partial charge in [0.25, 0.3) is 0 Å². The summed E-state index contributed by atoms with van der Waals surface area (Å²) < 4.78 is 0. The lowest BCUT2D eigenvalue weighted by atomic mass is 9.98. The number of nitrogens with two attached hydrogens (primary N) is 1. The van der Waals surface area contributed by atoms with Crippen molar-refractivity contribution in [3.05, 3.63) is 33.8 Å². The molecule has 1 heterocycles. The zero-order valence-electron chi connectivity index (χ0n) is 10.2. The molecule has 0 radical (unpaired) electrons. The fourth-order valence-electron chi connectivity index (χ4n) is 2.46. The van der Waals surface area contributed by atoms with E-state index in [0.717, 1.165) is 25.2 Å². The highest BCUT2D eigenvalue weighted by atomic mass is 35.5. The number of carbonyl (C=O) groups is 1. The summed E-state index contributed by atoms with van der Waals surface area (Å²) in [4.78, 5) is 13.5. The Bertz CT molecular complexity index is 464. The molecule has 0 aromatic heterocycles. The van der Waals surface area contributed by atoms with E-state index >= 15 is 0 Å². The van der Waals surface area contributed by atoms with Crippen LogP contribution < -0.4 is 5.73 Å². The minimum atomic E-state index is -0.209. The van der Waals surface area contributed by atoms with Crippen molar-refractivity contribution >= 4 is 29.1 Å². The summed E-state index contributed by atoms with van der Waals surface area (Å²) in [6.07, 6.45) is 0. The predicted molar refractivity (Wildman–Crippen MR) is 73.6 cm³/mol. The summed E-state index contributed by atoms with van der Waals surface area (Å²) in [5.74, 6) is 0.0529. The minimum Gasteiger partial charge on any atom is -0.369 e. The quantitative estimate of drug-likeness (QED) is 0.928. The Labute approximate surface area is 117 Å². The first-order valence-corrected chi connectivity index (χ1v) is 6.68. The number of hydrogen-bond donors (Lipinski definition) is 1. The van der Waals surface area contributed by atoms with Crippen LogP contribution in [-0.4, -0.2) is 23.9 Å². The maximum absolute atomic E-state index is 11.3. The van der Waals surface area contributed by atoms with E-state index in [-0.39, 0.29) is 11.8 Å². The van der Waals surface area contributed by atoms with Crippen molar-refractivity contribution in [2.24, 2.45) is 17.6 Å². The third-order valence-corrected chi connectivity index (χ3v) is 4.18. The number of benzene rings is 1. The molecule has 2 atom stereocenters. The van der Waals surface area contributed by atoms with Crippen molar-refractivity contribution in [2.45, 2.75) is 13.5 Å². The molecule has 1 amide bonds. The van der Waals surface area contributed by atoms with Gasteiger partial charge in [-0.3, -0.25) is 9.69 Å². The number of amides is 1. The maximum Gasteiger partial charge on any atom is 0.222 e. The largest absolute Gasteiger partial charge is 0.369 e. The second-order valence-corrected chi connectivity index (χ2v) is 5.74. The first-order valence-electron chi connectivity index (χ1n) is 5.93. The van der Waals surface area contributed by atoms with Crippen LogP contribution in [0.1, 0.15) is 12.5 Å². The summed E-state index contributed by atoms with van der Waals surface area (Å²) in [5, 5.41) is 1.12. The summed E-state index contributed by atoms with van der Waals surface area (Å²) >= 11 is 11.9. The van der Waals surface area contributed by atoms with Crippen molar-refractivity contribution in [3.8, 4) is 0 Å². The summed E-state index contributed by atoms with van der Waals surface area (Å²) in [6, 6.07) is 5.62. The van der Waals surface area contributed by atoms with Gasteiger partial charge in [0.2, 0.25) is 5.91 Å². The molecular formula is C13H16Cl2N2O. The van der Waals surface area contributed by atoms with Crippen molar-refractivity contribution in [2.75, 3.05) is 13.1 Å². The number of likely N-dealkylation sites (tertiary alicyclic amines) is 1. The molecule has 2 rings (SSSR count). The van der Waals surface area contributed by atoms with Gasteiger partial charge in [-0.25, -0.2) is 0 Å². The number of rotatable bonds is 3. The highest BCUT2D eigenvalue weighted by Gasteiger charge is 2.33. The Morgan fingerprint density at radius 1 is 1.39 bits per heavy atom. The first kappa shape index (κ1) is 13.7. The fourth-order valence-corrected chi connectivity index (χ4v) is 2.78. The van der Waals surface area contributed by atoms with Crippen LogP contribution >= 0.6 is 23.2 Å². The van der Waals surface area contributed by atoms with Crippen LogP contribution in [0, 0.1) is 11.8 Å². The van der Waals surface area contributed by atoms with Gasteiger partial charge in [0.1, 0.15) is 0 Å². The van der Waals surface area contributed by atoms with E-state index in [0.29, 0.717) is 16.0 Å². The van der Waals surface area contributed by atoms with Crippen LogP contribution in [0.5, 0.6) is 0 Å². The molecule has 0 unspecified atom stereocenters. The van der Waals surface area contributed by atoms with Gasteiger partial charge in [0.05, 0.1) is 16.0 Å². The van der Waals surface area contributed by atoms with Gasteiger partial charge in [0.15, 0.2) is 0 Å². The average Bonchev–Trinajstić information content (AvgIpc) is 2.65. The third-order valence-electron chi connectivity index (χ3n) is 3.44. The fraction of sp³-hybridized carbons (Fsp3) is 0.462. The van der Waals surface area contributed by atoms with Gasteiger partial charge < -0.3 is 5.73 Å². The van der Waals surface area contributed by atoms with Crippen LogP contribution in [0.15, 0.2) is 18.2 Å². The van der Waals surface area contributed by atoms with Gasteiger partial charge in [0, 0.05) is 19.6 Å². The topological polar surface area (TPSA) is 46.3 Å². The average molecular weight is 287 g/mol. The van der Waals surface area contributed by atoms with Crippen molar-refractivity contribution in [3.63, 3.8) is 0 Å². The monoisotopic (exact) mass is 286 g/mol. The van der Waals surface area contributed by atoms with Gasteiger partial charge in [-0.15, -0.1) is 0 Å². The highest BCUT2D eigenvalue weighted by Crippen LogP contribution is 2.27. The van der Waals surface area contributed by atoms with Gasteiger partial charge in [-0.05, 0) is 23.6 Å². The lowest BCUT2D eigenvalue weighted by Gasteiger charge is -2.15. The SMILES string of the molecule is C[C@@H]1CN(Cc2ccc(Cl)c(Cl)c2)C[C@H]1C(N)=O. The lowest BCUT2D eigenvalue weighted by molar-refractivity contribution is -0.122. The summed E-state index contributed by atoms with van der Waals surface area (Å²) in [7, 11) is 0. The molecule has 5 heteroatoms. The second kappa shape index (κ2) is 5.47. The minimum absolute atomic E-state index is 0.0484. The summed E-state index contributed by atoms with van der Waals surface area (Å²) in [6.45, 7) is 4.43. The lowest BCUT2D eigenvalue weighted by Crippen LogP contribution is -2.29. The molecule has 3 nitrogen and oxygen atoms in total. The molecule has 1 aliphatic rings. The standard InChI is InChI=1S/C13H16Cl2N2O/c1-8-5-17(7-10(8)13(16)18)6-9-2-3-11(14)12(15)4-9/h2-4,8,10H,5-7H2,1H3,(H2,16,18)/t8-,10-/m1/s1. The van der Waals surface area contributed by atoms with Crippen molar-refractivity contribution in [1.29, 1.82) is 0 Å². The Hall–Kier alpha value is -0.770. The van der Waals surface area contributed by atoms with E-state index < -0.39 is 0 Å². The molecule has 2 N–H and O–H groups in total. The molecule has 0 bridgehead atoms. The highest BCUT2D eigenvalue weighted by molar-refractivity contribution is 6.42. The third kappa shape index (κ3) is 2.97. The van der Waals surface area contributed by atoms with E-state index in [1.807, 2.05) is 12.1 Å². The van der Waals surface area contributed by atoms with Crippen LogP contribution in [0.25, 0.3) is 0 Å². The maximum atomic E-state index is 11.3. The molecule has 1 fully saturated rings. The van der Waals surface area contributed by atoms with E-state index in [1.165, 1.54) is 0 Å². The molecular weight excluding hydrogens is 271 g/mol. The number of carbonyl (C=O) groups excluding carboxylic acids is 1. The number of primary amides is 1. The van der Waals surface area contributed by atoms with Crippen LogP contribution in [0.2, 0.25) is 10.0 Å². The Morgan fingerprint density at radius 3 is 2.67 bits per heavy atom. The first-order chi connectivity index (χ1) is 8.47. The Balaban J connectivity index is 2.03. The van der Waals surface area contributed by atoms with Crippen molar-refractivity contribution < 1.29 is 4.79 Å². The number of halogens is 2. The van der Waals surface area contributed by atoms with E-state index in [2.05, 4.69) is 11.8 Å². The Kier molecular flexibility index (Phi) is 4.15. The molecule has 1 aliphatic heterocycles. The van der Waals surface area contributed by atoms with Crippen LogP contribution in [-0.2, 0) is 11.3 Å². The molecule has 1 aromatic rings. The molecule has 1 aromatic carbocycles. The van der Waals surface area contributed by atoms with Gasteiger partial charge in [-0.2, -0.15) is 0 Å². The molecule has 0 saturated carbocycles. The van der Waals surface area contributed by atoms with Crippen molar-refractivity contribution in [1.82, 2.24) is 4.90 Å². The van der Waals surface area contributed by atoms with E-state index in [1.54, 1.807) is 6.07 Å². The Morgan fingerprint density at radius 2 is 2.11 bits per heavy atom. The number of nitrogens with zero attached hydrogens (tertiary/aromatic N) is 1. The van der Waals surface area contributed by atoms with Crippen LogP contribution in [0.4, 0.5) is 0 Å². The van der Waals surface area contributed by atoms with Gasteiger partial charge in [-0.1, -0.05) is 36.2 Å². The predicted octanol–water partition coefficient (Wildman–Crippen LogP) is 2.55. The molecule has 18 heavy (non-hydrogen) atoms. The zero-order valence-corrected chi connectivity index (χ0v) is 11.7. The molecule has 98 valence electrons. The molecule has 0 spiro atoms. The molecule has 1 saturated heterocycles. The van der Waals surface area contributed by atoms with Crippen LogP contribution in [0.3, 0.4) is 0 Å².